The number of hydrogen-bond acceptors (Lipinski definition) is 2. The van der Waals surface area contributed by atoms with E-state index in [1.807, 2.05) is 29.7 Å². The minimum absolute atomic E-state index is 0.984. The largest absolute Gasteiger partial charge is 0.309 e. The quantitative estimate of drug-likeness (QED) is 0.203. The molecule has 0 atom stereocenters. The highest BCUT2D eigenvalue weighted by molar-refractivity contribution is 7.26. The molecule has 3 aromatic heterocycles. The molecule has 44 heavy (non-hydrogen) atoms. The third-order valence-corrected chi connectivity index (χ3v) is 9.87. The van der Waals surface area contributed by atoms with Gasteiger partial charge in [-0.15, -0.1) is 11.3 Å². The second-order valence-electron chi connectivity index (χ2n) is 11.2. The van der Waals surface area contributed by atoms with E-state index in [0.29, 0.717) is 0 Å². The van der Waals surface area contributed by atoms with Crippen molar-refractivity contribution < 1.29 is 0 Å². The molecule has 9 aromatic rings. The van der Waals surface area contributed by atoms with Crippen LogP contribution in [-0.4, -0.2) is 9.55 Å². The molecular formula is C41H26N2S. The van der Waals surface area contributed by atoms with E-state index in [4.69, 9.17) is 0 Å². The van der Waals surface area contributed by atoms with Gasteiger partial charge >= 0.3 is 0 Å². The Morgan fingerprint density at radius 1 is 0.500 bits per heavy atom. The normalized spacial score (nSPS) is 11.6. The van der Waals surface area contributed by atoms with Crippen LogP contribution in [0.2, 0.25) is 0 Å². The highest BCUT2D eigenvalue weighted by atomic mass is 32.1. The summed E-state index contributed by atoms with van der Waals surface area (Å²) in [6, 6.07) is 54.6. The highest BCUT2D eigenvalue weighted by Gasteiger charge is 2.20. The Labute approximate surface area is 259 Å². The van der Waals surface area contributed by atoms with Crippen LogP contribution in [-0.2, 0) is 0 Å². The van der Waals surface area contributed by atoms with Crippen molar-refractivity contribution in [3.05, 3.63) is 158 Å². The third kappa shape index (κ3) is 3.90. The van der Waals surface area contributed by atoms with Gasteiger partial charge in [-0.2, -0.15) is 0 Å². The molecule has 0 unspecified atom stereocenters. The molecule has 0 bridgehead atoms. The first-order valence-electron chi connectivity index (χ1n) is 14.9. The lowest BCUT2D eigenvalue weighted by Gasteiger charge is -2.12. The van der Waals surface area contributed by atoms with E-state index < -0.39 is 0 Å². The number of fused-ring (bicyclic) bond motifs is 7. The average Bonchev–Trinajstić information content (AvgIpc) is 3.65. The standard InChI is InChI=1S/C41H26N2S/c1-3-10-27(11-4-1)30-21-24-38-35(26-30)33-22-23-37-39(41(33)44-38)34-15-9-14-32(40(34)43(37)31-12-5-2-6-13-31)28-17-19-29(20-18-28)36-16-7-8-25-42-36/h1-26H. The Hall–Kier alpha value is -5.51. The van der Waals surface area contributed by atoms with Crippen molar-refractivity contribution in [1.82, 2.24) is 9.55 Å². The second-order valence-corrected chi connectivity index (χ2v) is 12.2. The fourth-order valence-corrected chi connectivity index (χ4v) is 7.86. The predicted octanol–water partition coefficient (Wildman–Crippen LogP) is 11.5. The van der Waals surface area contributed by atoms with Gasteiger partial charge in [-0.25, -0.2) is 0 Å². The van der Waals surface area contributed by atoms with Gasteiger partial charge in [-0.1, -0.05) is 109 Å². The topological polar surface area (TPSA) is 17.8 Å². The summed E-state index contributed by atoms with van der Waals surface area (Å²) in [6.45, 7) is 0. The zero-order valence-corrected chi connectivity index (χ0v) is 24.6. The Bertz CT molecular complexity index is 2460. The van der Waals surface area contributed by atoms with Gasteiger partial charge in [-0.05, 0) is 59.2 Å². The number of aromatic nitrogens is 2. The Morgan fingerprint density at radius 3 is 2.05 bits per heavy atom. The van der Waals surface area contributed by atoms with E-state index >= 15 is 0 Å². The number of nitrogens with zero attached hydrogens (tertiary/aromatic N) is 2. The van der Waals surface area contributed by atoms with Gasteiger partial charge in [0.1, 0.15) is 0 Å². The van der Waals surface area contributed by atoms with Crippen molar-refractivity contribution in [3.63, 3.8) is 0 Å². The van der Waals surface area contributed by atoms with Crippen LogP contribution in [0.15, 0.2) is 158 Å². The summed E-state index contributed by atoms with van der Waals surface area (Å²) >= 11 is 1.90. The van der Waals surface area contributed by atoms with Crippen molar-refractivity contribution in [1.29, 1.82) is 0 Å². The lowest BCUT2D eigenvalue weighted by Crippen LogP contribution is -1.95. The number of rotatable bonds is 4. The summed E-state index contributed by atoms with van der Waals surface area (Å²) in [5.41, 5.74) is 10.6. The Kier molecular flexibility index (Phi) is 5.71. The molecule has 0 saturated heterocycles. The number of benzene rings is 6. The minimum atomic E-state index is 0.984. The highest BCUT2D eigenvalue weighted by Crippen LogP contribution is 2.46. The van der Waals surface area contributed by atoms with Gasteiger partial charge in [0.2, 0.25) is 0 Å². The van der Waals surface area contributed by atoms with E-state index in [2.05, 4.69) is 149 Å². The zero-order chi connectivity index (χ0) is 29.0. The summed E-state index contributed by atoms with van der Waals surface area (Å²) in [6.07, 6.45) is 1.85. The van der Waals surface area contributed by atoms with Crippen LogP contribution in [0.25, 0.3) is 81.2 Å². The zero-order valence-electron chi connectivity index (χ0n) is 23.8. The van der Waals surface area contributed by atoms with Crippen molar-refractivity contribution in [3.8, 4) is 39.2 Å². The molecule has 0 N–H and O–H groups in total. The second kappa shape index (κ2) is 10.0. The van der Waals surface area contributed by atoms with Crippen molar-refractivity contribution >= 4 is 53.3 Å². The molecule has 2 nitrogen and oxygen atoms in total. The lowest BCUT2D eigenvalue weighted by atomic mass is 9.99. The molecule has 206 valence electrons. The van der Waals surface area contributed by atoms with Gasteiger partial charge in [0.05, 0.1) is 16.7 Å². The van der Waals surface area contributed by atoms with E-state index in [9.17, 15) is 0 Å². The number of para-hydroxylation sites is 2. The van der Waals surface area contributed by atoms with E-state index in [1.54, 1.807) is 0 Å². The van der Waals surface area contributed by atoms with Gasteiger partial charge < -0.3 is 4.57 Å². The molecule has 0 aliphatic heterocycles. The summed E-state index contributed by atoms with van der Waals surface area (Å²) in [5.74, 6) is 0. The molecule has 0 saturated carbocycles. The monoisotopic (exact) mass is 578 g/mol. The van der Waals surface area contributed by atoms with E-state index in [0.717, 1.165) is 16.9 Å². The molecule has 0 fully saturated rings. The van der Waals surface area contributed by atoms with Crippen LogP contribution < -0.4 is 0 Å². The van der Waals surface area contributed by atoms with Crippen LogP contribution in [0.3, 0.4) is 0 Å². The SMILES string of the molecule is c1ccc(-c2ccc3sc4c(ccc5c4c4cccc(-c6ccc(-c7ccccn7)cc6)c4n5-c4ccccc4)c3c2)cc1. The first-order valence-corrected chi connectivity index (χ1v) is 15.7. The molecule has 3 heterocycles. The molecule has 0 spiro atoms. The minimum Gasteiger partial charge on any atom is -0.309 e. The van der Waals surface area contributed by atoms with Crippen molar-refractivity contribution in [2.45, 2.75) is 0 Å². The Morgan fingerprint density at radius 2 is 1.25 bits per heavy atom. The first-order chi connectivity index (χ1) is 21.8. The summed E-state index contributed by atoms with van der Waals surface area (Å²) in [5, 5.41) is 5.22. The predicted molar refractivity (Wildman–Crippen MR) is 188 cm³/mol. The summed E-state index contributed by atoms with van der Waals surface area (Å²) < 4.78 is 5.10. The number of hydrogen-bond donors (Lipinski definition) is 0. The van der Waals surface area contributed by atoms with Crippen LogP contribution in [0.1, 0.15) is 0 Å². The number of pyridine rings is 1. The molecule has 0 amide bonds. The summed E-state index contributed by atoms with van der Waals surface area (Å²) in [7, 11) is 0. The van der Waals surface area contributed by atoms with Gasteiger partial charge in [0.25, 0.3) is 0 Å². The van der Waals surface area contributed by atoms with Crippen LogP contribution >= 0.6 is 11.3 Å². The summed E-state index contributed by atoms with van der Waals surface area (Å²) in [4.78, 5) is 4.55. The van der Waals surface area contributed by atoms with Gasteiger partial charge in [0.15, 0.2) is 0 Å². The van der Waals surface area contributed by atoms with Gasteiger partial charge in [0, 0.05) is 54.0 Å². The average molecular weight is 579 g/mol. The maximum atomic E-state index is 4.55. The van der Waals surface area contributed by atoms with E-state index in [-0.39, 0.29) is 0 Å². The third-order valence-electron chi connectivity index (χ3n) is 8.67. The lowest BCUT2D eigenvalue weighted by molar-refractivity contribution is 1.18. The maximum absolute atomic E-state index is 4.55. The fraction of sp³-hybridized carbons (Fsp3) is 0. The molecule has 9 rings (SSSR count). The van der Waals surface area contributed by atoms with Crippen molar-refractivity contribution in [2.24, 2.45) is 0 Å². The molecule has 0 aliphatic rings. The first kappa shape index (κ1) is 25.0. The smallest absolute Gasteiger partial charge is 0.0701 e. The van der Waals surface area contributed by atoms with Gasteiger partial charge in [-0.3, -0.25) is 4.98 Å². The molecule has 6 aromatic carbocycles. The van der Waals surface area contributed by atoms with Crippen LogP contribution in [0.4, 0.5) is 0 Å². The Balaban J connectivity index is 1.32. The maximum Gasteiger partial charge on any atom is 0.0701 e. The molecule has 0 radical (unpaired) electrons. The van der Waals surface area contributed by atoms with E-state index in [1.165, 1.54) is 64.2 Å². The van der Waals surface area contributed by atoms with Crippen LogP contribution in [0, 0.1) is 0 Å². The molecule has 3 heteroatoms. The molecule has 0 aliphatic carbocycles. The fourth-order valence-electron chi connectivity index (χ4n) is 6.63. The molecular weight excluding hydrogens is 553 g/mol. The van der Waals surface area contributed by atoms with Crippen molar-refractivity contribution in [2.75, 3.05) is 0 Å². The number of thiophene rings is 1. The van der Waals surface area contributed by atoms with Crippen LogP contribution in [0.5, 0.6) is 0 Å².